The summed E-state index contributed by atoms with van der Waals surface area (Å²) in [6, 6.07) is 20.4. The molecule has 1 heterocycles. The number of rotatable bonds is 11. The number of nitrogens with one attached hydrogen (secondary N) is 1. The van der Waals surface area contributed by atoms with Crippen LogP contribution in [0.1, 0.15) is 31.9 Å². The number of hydrogen-bond donors (Lipinski definition) is 1. The molecule has 11 heteroatoms. The Labute approximate surface area is 253 Å². The highest BCUT2D eigenvalue weighted by Gasteiger charge is 2.34. The lowest BCUT2D eigenvalue weighted by molar-refractivity contribution is -0.140. The van der Waals surface area contributed by atoms with Crippen molar-refractivity contribution in [3.63, 3.8) is 0 Å². The first-order valence-electron chi connectivity index (χ1n) is 14.0. The Balaban J connectivity index is 1.75. The van der Waals surface area contributed by atoms with Gasteiger partial charge in [-0.1, -0.05) is 42.5 Å². The molecule has 0 aromatic heterocycles. The fourth-order valence-electron chi connectivity index (χ4n) is 4.78. The summed E-state index contributed by atoms with van der Waals surface area (Å²) in [6.45, 7) is 5.83. The van der Waals surface area contributed by atoms with Gasteiger partial charge in [-0.25, -0.2) is 8.42 Å². The first-order chi connectivity index (χ1) is 20.3. The van der Waals surface area contributed by atoms with Gasteiger partial charge in [0.15, 0.2) is 11.5 Å². The van der Waals surface area contributed by atoms with Gasteiger partial charge in [-0.2, -0.15) is 0 Å². The molecule has 0 fully saturated rings. The van der Waals surface area contributed by atoms with E-state index in [4.69, 9.17) is 14.2 Å². The van der Waals surface area contributed by atoms with Gasteiger partial charge in [0.05, 0.1) is 19.1 Å². The van der Waals surface area contributed by atoms with Crippen molar-refractivity contribution in [2.75, 3.05) is 37.4 Å². The molecule has 0 aliphatic carbocycles. The lowest BCUT2D eigenvalue weighted by Crippen LogP contribution is -2.56. The maximum atomic E-state index is 14.3. The molecule has 1 atom stereocenters. The number of ether oxygens (including phenoxy) is 3. The fraction of sp³-hybridized carbons (Fsp3) is 0.375. The van der Waals surface area contributed by atoms with Crippen LogP contribution in [-0.4, -0.2) is 69.8 Å². The lowest BCUT2D eigenvalue weighted by atomic mass is 10.0. The van der Waals surface area contributed by atoms with Crippen LogP contribution in [-0.2, 0) is 32.6 Å². The molecular weight excluding hydrogens is 570 g/mol. The highest BCUT2D eigenvalue weighted by atomic mass is 32.2. The minimum absolute atomic E-state index is 0.0455. The zero-order valence-electron chi connectivity index (χ0n) is 25.2. The van der Waals surface area contributed by atoms with Gasteiger partial charge in [0.25, 0.3) is 0 Å². The smallest absolute Gasteiger partial charge is 0.244 e. The van der Waals surface area contributed by atoms with Gasteiger partial charge in [0, 0.05) is 24.6 Å². The van der Waals surface area contributed by atoms with Crippen molar-refractivity contribution in [3.8, 4) is 17.2 Å². The first kappa shape index (κ1) is 31.7. The largest absolute Gasteiger partial charge is 0.497 e. The molecule has 0 saturated carbocycles. The molecule has 0 spiro atoms. The number of amides is 2. The van der Waals surface area contributed by atoms with E-state index in [0.29, 0.717) is 30.5 Å². The number of carbonyl (C=O) groups excluding carboxylic acids is 2. The van der Waals surface area contributed by atoms with Crippen LogP contribution in [0.15, 0.2) is 72.8 Å². The Bertz CT molecular complexity index is 1540. The summed E-state index contributed by atoms with van der Waals surface area (Å²) < 4.78 is 43.8. The first-order valence-corrected chi connectivity index (χ1v) is 15.8. The maximum Gasteiger partial charge on any atom is 0.244 e. The van der Waals surface area contributed by atoms with Gasteiger partial charge in [-0.05, 0) is 56.2 Å². The average molecular weight is 610 g/mol. The highest BCUT2D eigenvalue weighted by molar-refractivity contribution is 7.92. The van der Waals surface area contributed by atoms with Crippen LogP contribution < -0.4 is 23.8 Å². The number of benzene rings is 3. The van der Waals surface area contributed by atoms with Crippen LogP contribution in [0.3, 0.4) is 0 Å². The average Bonchev–Trinajstić information content (AvgIpc) is 2.96. The molecule has 1 aliphatic rings. The maximum absolute atomic E-state index is 14.3. The standard InChI is InChI=1S/C32H39N3O7S/c1-32(2,3)33-31(37)27(19-23-10-7-6-8-11-23)34(21-24-12-9-13-26(18-24)40-4)30(36)22-35(43(5,38)39)25-14-15-28-29(20-25)42-17-16-41-28/h6-15,18,20,27H,16-17,19,21-22H2,1-5H3,(H,33,37)/t27-/m1/s1. The van der Waals surface area contributed by atoms with Crippen molar-refractivity contribution >= 4 is 27.5 Å². The van der Waals surface area contributed by atoms with Gasteiger partial charge in [-0.15, -0.1) is 0 Å². The van der Waals surface area contributed by atoms with Crippen molar-refractivity contribution < 1.29 is 32.2 Å². The van der Waals surface area contributed by atoms with E-state index in [1.54, 1.807) is 43.5 Å². The highest BCUT2D eigenvalue weighted by Crippen LogP contribution is 2.35. The number of hydrogen-bond acceptors (Lipinski definition) is 7. The van der Waals surface area contributed by atoms with Crippen LogP contribution >= 0.6 is 0 Å². The predicted molar refractivity (Wildman–Crippen MR) is 165 cm³/mol. The Morgan fingerprint density at radius 3 is 2.26 bits per heavy atom. The molecular formula is C32H39N3O7S. The molecule has 4 rings (SSSR count). The third-order valence-corrected chi connectivity index (χ3v) is 7.89. The van der Waals surface area contributed by atoms with Crippen molar-refractivity contribution in [1.82, 2.24) is 10.2 Å². The number of fused-ring (bicyclic) bond motifs is 1. The van der Waals surface area contributed by atoms with Crippen LogP contribution in [0.4, 0.5) is 5.69 Å². The third kappa shape index (κ3) is 8.63. The van der Waals surface area contributed by atoms with E-state index in [-0.39, 0.29) is 24.6 Å². The number of sulfonamides is 1. The summed E-state index contributed by atoms with van der Waals surface area (Å²) in [4.78, 5) is 29.6. The molecule has 0 saturated heterocycles. The van der Waals surface area contributed by atoms with Crippen LogP contribution in [0.5, 0.6) is 17.2 Å². The Morgan fingerprint density at radius 2 is 1.60 bits per heavy atom. The second-order valence-corrected chi connectivity index (χ2v) is 13.3. The molecule has 2 amide bonds. The molecule has 0 unspecified atom stereocenters. The second-order valence-electron chi connectivity index (χ2n) is 11.4. The van der Waals surface area contributed by atoms with E-state index >= 15 is 0 Å². The molecule has 0 radical (unpaired) electrons. The van der Waals surface area contributed by atoms with E-state index in [9.17, 15) is 18.0 Å². The summed E-state index contributed by atoms with van der Waals surface area (Å²) in [6.07, 6.45) is 1.26. The van der Waals surface area contributed by atoms with E-state index in [1.807, 2.05) is 57.2 Å². The molecule has 1 N–H and O–H groups in total. The third-order valence-electron chi connectivity index (χ3n) is 6.75. The predicted octanol–water partition coefficient (Wildman–Crippen LogP) is 3.79. The van der Waals surface area contributed by atoms with Gasteiger partial charge in [0.1, 0.15) is 31.5 Å². The molecule has 230 valence electrons. The summed E-state index contributed by atoms with van der Waals surface area (Å²) in [5.74, 6) is 0.587. The molecule has 0 bridgehead atoms. The van der Waals surface area contributed by atoms with E-state index in [1.165, 1.54) is 4.90 Å². The Hall–Kier alpha value is -4.25. The minimum Gasteiger partial charge on any atom is -0.497 e. The molecule has 43 heavy (non-hydrogen) atoms. The van der Waals surface area contributed by atoms with Crippen molar-refractivity contribution in [2.45, 2.75) is 45.3 Å². The SMILES string of the molecule is COc1cccc(CN(C(=O)CN(c2ccc3c(c2)OCCO3)S(C)(=O)=O)[C@H](Cc2ccccc2)C(=O)NC(C)(C)C)c1. The normalized spacial score (nSPS) is 13.5. The summed E-state index contributed by atoms with van der Waals surface area (Å²) in [7, 11) is -2.37. The molecule has 3 aromatic rings. The van der Waals surface area contributed by atoms with Crippen LogP contribution in [0.2, 0.25) is 0 Å². The van der Waals surface area contributed by atoms with Gasteiger partial charge >= 0.3 is 0 Å². The second kappa shape index (κ2) is 13.4. The molecule has 10 nitrogen and oxygen atoms in total. The van der Waals surface area contributed by atoms with Crippen LogP contribution in [0.25, 0.3) is 0 Å². The quantitative estimate of drug-likeness (QED) is 0.352. The zero-order chi connectivity index (χ0) is 31.2. The molecule has 3 aromatic carbocycles. The van der Waals surface area contributed by atoms with E-state index in [2.05, 4.69) is 5.32 Å². The number of carbonyl (C=O) groups is 2. The zero-order valence-corrected chi connectivity index (χ0v) is 26.0. The van der Waals surface area contributed by atoms with Crippen molar-refractivity contribution in [2.24, 2.45) is 0 Å². The monoisotopic (exact) mass is 609 g/mol. The van der Waals surface area contributed by atoms with Crippen LogP contribution in [0, 0.1) is 0 Å². The van der Waals surface area contributed by atoms with Gasteiger partial charge in [0.2, 0.25) is 21.8 Å². The number of methoxy groups -OCH3 is 1. The fourth-order valence-corrected chi connectivity index (χ4v) is 5.62. The molecule has 1 aliphatic heterocycles. The number of anilines is 1. The van der Waals surface area contributed by atoms with Gasteiger partial charge < -0.3 is 24.4 Å². The topological polar surface area (TPSA) is 114 Å². The summed E-state index contributed by atoms with van der Waals surface area (Å²) in [5.41, 5.74) is 1.26. The summed E-state index contributed by atoms with van der Waals surface area (Å²) in [5, 5.41) is 3.01. The van der Waals surface area contributed by atoms with E-state index < -0.39 is 34.1 Å². The lowest BCUT2D eigenvalue weighted by Gasteiger charge is -2.35. The Morgan fingerprint density at radius 1 is 0.930 bits per heavy atom. The Kier molecular flexibility index (Phi) is 9.85. The van der Waals surface area contributed by atoms with Crippen molar-refractivity contribution in [3.05, 3.63) is 83.9 Å². The van der Waals surface area contributed by atoms with Crippen molar-refractivity contribution in [1.29, 1.82) is 0 Å². The number of nitrogens with zero attached hydrogens (tertiary/aromatic N) is 2. The van der Waals surface area contributed by atoms with E-state index in [0.717, 1.165) is 21.7 Å². The summed E-state index contributed by atoms with van der Waals surface area (Å²) >= 11 is 0. The van der Waals surface area contributed by atoms with Gasteiger partial charge in [-0.3, -0.25) is 13.9 Å². The minimum atomic E-state index is -3.92.